The van der Waals surface area contributed by atoms with E-state index < -0.39 is 0 Å². The summed E-state index contributed by atoms with van der Waals surface area (Å²) in [5.41, 5.74) is 3.84. The van der Waals surface area contributed by atoms with Gasteiger partial charge in [-0.3, -0.25) is 15.2 Å². The quantitative estimate of drug-likeness (QED) is 0.798. The highest BCUT2D eigenvalue weighted by Crippen LogP contribution is 2.10. The monoisotopic (exact) mass is 238 g/mol. The number of anilines is 1. The molecule has 0 radical (unpaired) electrons. The molecule has 0 fully saturated rings. The fraction of sp³-hybridized carbons (Fsp3) is 0.417. The Morgan fingerprint density at radius 1 is 1.44 bits per heavy atom. The van der Waals surface area contributed by atoms with E-state index in [9.17, 15) is 4.79 Å². The van der Waals surface area contributed by atoms with Crippen LogP contribution in [0.2, 0.25) is 0 Å². The van der Waals surface area contributed by atoms with Crippen LogP contribution in [0, 0.1) is 5.92 Å². The van der Waals surface area contributed by atoms with Crippen molar-refractivity contribution in [1.29, 1.82) is 0 Å². The maximum Gasteiger partial charge on any atom is 0.242 e. The summed E-state index contributed by atoms with van der Waals surface area (Å²) in [5.74, 6) is 0.927. The molecule has 1 rings (SSSR count). The molecular weight excluding hydrogens is 220 g/mol. The molecule has 1 aromatic carbocycles. The molecule has 0 heterocycles. The van der Waals surface area contributed by atoms with Gasteiger partial charge in [-0.25, -0.2) is 0 Å². The minimum Gasteiger partial charge on any atom is -0.289 e. The number of hydrogen-bond acceptors (Lipinski definition) is 3. The van der Waals surface area contributed by atoms with Crippen LogP contribution in [0.4, 0.5) is 5.69 Å². The summed E-state index contributed by atoms with van der Waals surface area (Å²) >= 11 is 1.68. The van der Waals surface area contributed by atoms with Crippen LogP contribution >= 0.6 is 11.8 Å². The van der Waals surface area contributed by atoms with E-state index >= 15 is 0 Å². The van der Waals surface area contributed by atoms with Crippen molar-refractivity contribution in [3.8, 4) is 0 Å². The summed E-state index contributed by atoms with van der Waals surface area (Å²) in [4.78, 5) is 11.8. The molecule has 0 aromatic heterocycles. The molecule has 88 valence electrons. The molecule has 1 aromatic rings. The van der Waals surface area contributed by atoms with Crippen molar-refractivity contribution in [3.05, 3.63) is 30.3 Å². The first-order valence-corrected chi connectivity index (χ1v) is 6.62. The molecule has 0 bridgehead atoms. The number of para-hydroxylation sites is 1. The molecule has 0 aliphatic carbocycles. The van der Waals surface area contributed by atoms with Crippen molar-refractivity contribution in [1.82, 2.24) is 5.43 Å². The van der Waals surface area contributed by atoms with Gasteiger partial charge in [0.25, 0.3) is 0 Å². The zero-order valence-corrected chi connectivity index (χ0v) is 10.8. The molecule has 1 atom stereocenters. The maximum atomic E-state index is 11.8. The predicted octanol–water partition coefficient (Wildman–Crippen LogP) is 2.15. The molecule has 1 amide bonds. The van der Waals surface area contributed by atoms with Crippen molar-refractivity contribution >= 4 is 23.4 Å². The van der Waals surface area contributed by atoms with Gasteiger partial charge in [0.05, 0.1) is 5.69 Å². The largest absolute Gasteiger partial charge is 0.289 e. The number of rotatable bonds is 5. The van der Waals surface area contributed by atoms with Gasteiger partial charge in [0.1, 0.15) is 0 Å². The van der Waals surface area contributed by atoms with E-state index in [1.54, 1.807) is 16.8 Å². The second-order valence-electron chi connectivity index (χ2n) is 3.73. The highest BCUT2D eigenvalue weighted by Gasteiger charge is 2.13. The number of thioether (sulfide) groups is 1. The first-order chi connectivity index (χ1) is 7.65. The highest BCUT2D eigenvalue weighted by molar-refractivity contribution is 7.98. The first-order valence-electron chi connectivity index (χ1n) is 5.23. The fourth-order valence-corrected chi connectivity index (χ4v) is 1.97. The Labute approximate surface area is 101 Å². The highest BCUT2D eigenvalue weighted by atomic mass is 32.2. The predicted molar refractivity (Wildman–Crippen MR) is 70.5 cm³/mol. The van der Waals surface area contributed by atoms with Gasteiger partial charge in [-0.15, -0.1) is 0 Å². The number of hydrazine groups is 1. The van der Waals surface area contributed by atoms with E-state index in [0.29, 0.717) is 0 Å². The Morgan fingerprint density at radius 2 is 2.06 bits per heavy atom. The van der Waals surface area contributed by atoms with Crippen LogP contribution in [0.3, 0.4) is 0 Å². The molecule has 0 saturated heterocycles. The van der Waals surface area contributed by atoms with Gasteiger partial charge in [-0.2, -0.15) is 11.8 Å². The van der Waals surface area contributed by atoms with E-state index in [1.807, 2.05) is 50.6 Å². The molecule has 0 spiro atoms. The second kappa shape index (κ2) is 6.43. The van der Waals surface area contributed by atoms with Crippen LogP contribution in [0.15, 0.2) is 30.3 Å². The standard InChI is InChI=1S/C12H18N2OS/c1-10(9-16-3)12(15)13-14(2)11-7-5-4-6-8-11/h4-8,10H,9H2,1-3H3,(H,13,15). The van der Waals surface area contributed by atoms with Crippen LogP contribution < -0.4 is 10.4 Å². The number of carbonyl (C=O) groups is 1. The molecule has 4 heteroatoms. The second-order valence-corrected chi connectivity index (χ2v) is 4.64. The first kappa shape index (κ1) is 12.9. The number of amides is 1. The van der Waals surface area contributed by atoms with E-state index in [0.717, 1.165) is 11.4 Å². The van der Waals surface area contributed by atoms with Gasteiger partial charge in [0, 0.05) is 18.7 Å². The maximum absolute atomic E-state index is 11.8. The zero-order chi connectivity index (χ0) is 12.0. The summed E-state index contributed by atoms with van der Waals surface area (Å²) in [6.07, 6.45) is 2.00. The van der Waals surface area contributed by atoms with Crippen LogP contribution in [-0.2, 0) is 4.79 Å². The lowest BCUT2D eigenvalue weighted by molar-refractivity contribution is -0.123. The summed E-state index contributed by atoms with van der Waals surface area (Å²) in [7, 11) is 1.85. The summed E-state index contributed by atoms with van der Waals surface area (Å²) in [6, 6.07) is 9.77. The van der Waals surface area contributed by atoms with Gasteiger partial charge in [-0.05, 0) is 18.4 Å². The molecule has 16 heavy (non-hydrogen) atoms. The summed E-state index contributed by atoms with van der Waals surface area (Å²) < 4.78 is 0. The average molecular weight is 238 g/mol. The van der Waals surface area contributed by atoms with Crippen molar-refractivity contribution < 1.29 is 4.79 Å². The van der Waals surface area contributed by atoms with E-state index in [4.69, 9.17) is 0 Å². The Balaban J connectivity index is 2.51. The lowest BCUT2D eigenvalue weighted by Gasteiger charge is -2.22. The Hall–Kier alpha value is -1.16. The van der Waals surface area contributed by atoms with E-state index in [2.05, 4.69) is 5.43 Å². The Kier molecular flexibility index (Phi) is 5.19. The van der Waals surface area contributed by atoms with Gasteiger partial charge >= 0.3 is 0 Å². The lowest BCUT2D eigenvalue weighted by atomic mass is 10.2. The molecule has 1 N–H and O–H groups in total. The molecule has 0 saturated carbocycles. The minimum atomic E-state index is 0.0289. The van der Waals surface area contributed by atoms with E-state index in [-0.39, 0.29) is 11.8 Å². The summed E-state index contributed by atoms with van der Waals surface area (Å²) in [5, 5.41) is 1.75. The molecule has 0 aliphatic heterocycles. The van der Waals surface area contributed by atoms with Crippen molar-refractivity contribution in [2.45, 2.75) is 6.92 Å². The number of nitrogens with zero attached hydrogens (tertiary/aromatic N) is 1. The third-order valence-corrected chi connectivity index (χ3v) is 3.12. The van der Waals surface area contributed by atoms with E-state index in [1.165, 1.54) is 0 Å². The molecule has 0 aliphatic rings. The van der Waals surface area contributed by atoms with Crippen molar-refractivity contribution in [3.63, 3.8) is 0 Å². The number of hydrogen-bond donors (Lipinski definition) is 1. The SMILES string of the molecule is CSCC(C)C(=O)NN(C)c1ccccc1. The Morgan fingerprint density at radius 3 is 2.62 bits per heavy atom. The van der Waals surface area contributed by atoms with Gasteiger partial charge in [0.15, 0.2) is 0 Å². The molecule has 1 unspecified atom stereocenters. The normalized spacial score (nSPS) is 11.9. The van der Waals surface area contributed by atoms with Crippen molar-refractivity contribution in [2.24, 2.45) is 5.92 Å². The minimum absolute atomic E-state index is 0.0289. The third-order valence-electron chi connectivity index (χ3n) is 2.29. The van der Waals surface area contributed by atoms with Crippen molar-refractivity contribution in [2.75, 3.05) is 24.1 Å². The lowest BCUT2D eigenvalue weighted by Crippen LogP contribution is -2.42. The van der Waals surface area contributed by atoms with Crippen LogP contribution in [0.1, 0.15) is 6.92 Å². The smallest absolute Gasteiger partial charge is 0.242 e. The summed E-state index contributed by atoms with van der Waals surface area (Å²) in [6.45, 7) is 1.94. The van der Waals surface area contributed by atoms with Gasteiger partial charge in [-0.1, -0.05) is 25.1 Å². The van der Waals surface area contributed by atoms with Crippen LogP contribution in [0.25, 0.3) is 0 Å². The zero-order valence-electron chi connectivity index (χ0n) is 9.93. The fourth-order valence-electron chi connectivity index (χ4n) is 1.32. The number of nitrogens with one attached hydrogen (secondary N) is 1. The number of benzene rings is 1. The van der Waals surface area contributed by atoms with Gasteiger partial charge < -0.3 is 0 Å². The van der Waals surface area contributed by atoms with Crippen LogP contribution in [0.5, 0.6) is 0 Å². The third kappa shape index (κ3) is 3.77. The van der Waals surface area contributed by atoms with Crippen LogP contribution in [-0.4, -0.2) is 25.0 Å². The average Bonchev–Trinajstić information content (AvgIpc) is 2.30. The molecule has 3 nitrogen and oxygen atoms in total. The Bertz CT molecular complexity index is 329. The molecular formula is C12H18N2OS. The number of carbonyl (C=O) groups excluding carboxylic acids is 1. The van der Waals surface area contributed by atoms with Gasteiger partial charge in [0.2, 0.25) is 5.91 Å². The topological polar surface area (TPSA) is 32.3 Å².